The highest BCUT2D eigenvalue weighted by Gasteiger charge is 2.33. The van der Waals surface area contributed by atoms with Gasteiger partial charge in [-0.3, -0.25) is 20.4 Å². The van der Waals surface area contributed by atoms with E-state index in [0.717, 1.165) is 22.7 Å². The topological polar surface area (TPSA) is 97.1 Å². The fourth-order valence-electron chi connectivity index (χ4n) is 2.27. The third-order valence-electron chi connectivity index (χ3n) is 3.62. The van der Waals surface area contributed by atoms with Crippen LogP contribution in [0.15, 0.2) is 46.2 Å². The van der Waals surface area contributed by atoms with Crippen LogP contribution in [0.4, 0.5) is 13.2 Å². The number of nitrogens with zero attached hydrogens (tertiary/aromatic N) is 2. The van der Waals surface area contributed by atoms with Crippen LogP contribution in [-0.4, -0.2) is 27.5 Å². The smallest absolute Gasteiger partial charge is 0.433 e. The number of thiophene rings is 1. The number of halogens is 3. The first-order chi connectivity index (χ1) is 14.2. The van der Waals surface area contributed by atoms with E-state index in [1.165, 1.54) is 30.6 Å². The van der Waals surface area contributed by atoms with Crippen LogP contribution in [0.25, 0.3) is 0 Å². The summed E-state index contributed by atoms with van der Waals surface area (Å²) in [7, 11) is 0. The van der Waals surface area contributed by atoms with Crippen molar-refractivity contribution < 1.29 is 27.2 Å². The first kappa shape index (κ1) is 21.8. The minimum Gasteiger partial charge on any atom is -0.459 e. The molecule has 30 heavy (non-hydrogen) atoms. The molecule has 0 atom stereocenters. The molecule has 3 rings (SSSR count). The number of alkyl halides is 3. The van der Waals surface area contributed by atoms with Crippen LogP contribution in [0.5, 0.6) is 0 Å². The largest absolute Gasteiger partial charge is 0.459 e. The molecule has 0 aliphatic heterocycles. The summed E-state index contributed by atoms with van der Waals surface area (Å²) in [6.45, 7) is 1.48. The van der Waals surface area contributed by atoms with Gasteiger partial charge in [0.1, 0.15) is 5.69 Å². The fraction of sp³-hybridized carbons (Fsp3) is 0.222. The number of carbonyl (C=O) groups excluding carboxylic acids is 2. The van der Waals surface area contributed by atoms with Crippen molar-refractivity contribution in [1.82, 2.24) is 20.8 Å². The fourth-order valence-corrected chi connectivity index (χ4v) is 4.18. The van der Waals surface area contributed by atoms with Crippen LogP contribution in [-0.2, 0) is 12.6 Å². The Labute approximate surface area is 177 Å². The second-order valence-corrected chi connectivity index (χ2v) is 8.16. The van der Waals surface area contributed by atoms with Crippen molar-refractivity contribution in [1.29, 1.82) is 0 Å². The van der Waals surface area contributed by atoms with Gasteiger partial charge in [0.2, 0.25) is 0 Å². The minimum atomic E-state index is -4.52. The second-order valence-electron chi connectivity index (χ2n) is 5.92. The maximum Gasteiger partial charge on any atom is 0.433 e. The first-order valence-corrected chi connectivity index (χ1v) is 10.3. The number of aromatic nitrogens is 2. The number of amides is 2. The van der Waals surface area contributed by atoms with Crippen molar-refractivity contribution in [2.75, 3.05) is 5.75 Å². The molecular formula is C18H15F3N4O3S2. The zero-order valence-electron chi connectivity index (χ0n) is 15.4. The zero-order chi connectivity index (χ0) is 21.7. The van der Waals surface area contributed by atoms with Crippen LogP contribution >= 0.6 is 23.1 Å². The number of hydrazine groups is 1. The Morgan fingerprint density at radius 1 is 1.17 bits per heavy atom. The van der Waals surface area contributed by atoms with Crippen LogP contribution in [0.2, 0.25) is 0 Å². The normalized spacial score (nSPS) is 11.3. The van der Waals surface area contributed by atoms with E-state index in [4.69, 9.17) is 4.42 Å². The lowest BCUT2D eigenvalue weighted by Gasteiger charge is -2.08. The number of thioether (sulfide) groups is 1. The molecule has 0 bridgehead atoms. The van der Waals surface area contributed by atoms with Crippen LogP contribution in [0.1, 0.15) is 36.5 Å². The summed E-state index contributed by atoms with van der Waals surface area (Å²) >= 11 is 2.32. The highest BCUT2D eigenvalue weighted by Crippen LogP contribution is 2.29. The van der Waals surface area contributed by atoms with Gasteiger partial charge in [-0.25, -0.2) is 9.97 Å². The first-order valence-electron chi connectivity index (χ1n) is 8.51. The maximum atomic E-state index is 12.8. The van der Waals surface area contributed by atoms with E-state index in [-0.39, 0.29) is 16.6 Å². The van der Waals surface area contributed by atoms with Gasteiger partial charge in [-0.05, 0) is 43.7 Å². The molecule has 2 N–H and O–H groups in total. The number of nitrogens with one attached hydrogen (secondary N) is 2. The summed E-state index contributed by atoms with van der Waals surface area (Å²) in [4.78, 5) is 32.6. The number of carbonyl (C=O) groups is 2. The number of hydrogen-bond acceptors (Lipinski definition) is 7. The van der Waals surface area contributed by atoms with Gasteiger partial charge < -0.3 is 4.42 Å². The van der Waals surface area contributed by atoms with E-state index in [1.807, 2.05) is 0 Å². The minimum absolute atomic E-state index is 0.0532. The van der Waals surface area contributed by atoms with Gasteiger partial charge in [0.15, 0.2) is 10.9 Å². The number of rotatable bonds is 6. The highest BCUT2D eigenvalue weighted by atomic mass is 32.2. The standard InChI is InChI=1S/C18H15F3N4O3S2/c1-10-9-14(18(19,20)21)23-17(22-10)29-8-6-11-4-5-13(30-11)16(27)25-24-15(26)12-3-2-7-28-12/h2-5,7,9H,6,8H2,1H3,(H,24,26)(H,25,27). The molecule has 2 amide bonds. The molecule has 0 spiro atoms. The van der Waals surface area contributed by atoms with Gasteiger partial charge in [0.25, 0.3) is 5.91 Å². The molecular weight excluding hydrogens is 441 g/mol. The van der Waals surface area contributed by atoms with E-state index >= 15 is 0 Å². The molecule has 12 heteroatoms. The van der Waals surface area contributed by atoms with Crippen molar-refractivity contribution in [3.63, 3.8) is 0 Å². The molecule has 3 heterocycles. The van der Waals surface area contributed by atoms with Gasteiger partial charge in [-0.2, -0.15) is 13.2 Å². The molecule has 0 aromatic carbocycles. The molecule has 3 aromatic heterocycles. The molecule has 0 unspecified atom stereocenters. The molecule has 158 valence electrons. The Morgan fingerprint density at radius 2 is 1.93 bits per heavy atom. The average Bonchev–Trinajstić information content (AvgIpc) is 3.37. The van der Waals surface area contributed by atoms with Gasteiger partial charge in [-0.15, -0.1) is 11.3 Å². The van der Waals surface area contributed by atoms with Crippen LogP contribution in [0.3, 0.4) is 0 Å². The monoisotopic (exact) mass is 456 g/mol. The van der Waals surface area contributed by atoms with Gasteiger partial charge >= 0.3 is 12.1 Å². The molecule has 0 aliphatic carbocycles. The SMILES string of the molecule is Cc1cc(C(F)(F)F)nc(SCCc2ccc(C(=O)NNC(=O)c3ccco3)s2)n1. The summed E-state index contributed by atoms with van der Waals surface area (Å²) < 4.78 is 43.4. The molecule has 3 aromatic rings. The summed E-state index contributed by atoms with van der Waals surface area (Å²) in [5, 5.41) is 0.0532. The zero-order valence-corrected chi connectivity index (χ0v) is 17.1. The third kappa shape index (κ3) is 5.83. The average molecular weight is 456 g/mol. The van der Waals surface area contributed by atoms with E-state index in [0.29, 0.717) is 17.1 Å². The lowest BCUT2D eigenvalue weighted by atomic mass is 10.3. The Bertz CT molecular complexity index is 1040. The van der Waals surface area contributed by atoms with Crippen molar-refractivity contribution in [2.45, 2.75) is 24.7 Å². The summed E-state index contributed by atoms with van der Waals surface area (Å²) in [6, 6.07) is 7.25. The van der Waals surface area contributed by atoms with Crippen molar-refractivity contribution in [2.24, 2.45) is 0 Å². The molecule has 7 nitrogen and oxygen atoms in total. The van der Waals surface area contributed by atoms with Gasteiger partial charge in [-0.1, -0.05) is 11.8 Å². The molecule has 0 saturated heterocycles. The van der Waals surface area contributed by atoms with Gasteiger partial charge in [0.05, 0.1) is 11.1 Å². The summed E-state index contributed by atoms with van der Waals surface area (Å²) in [5.41, 5.74) is 3.80. The molecule has 0 fully saturated rings. The Morgan fingerprint density at radius 3 is 2.63 bits per heavy atom. The Kier molecular flexibility index (Phi) is 6.77. The lowest BCUT2D eigenvalue weighted by molar-refractivity contribution is -0.141. The second kappa shape index (κ2) is 9.30. The molecule has 0 radical (unpaired) electrons. The van der Waals surface area contributed by atoms with E-state index < -0.39 is 23.7 Å². The number of furan rings is 1. The van der Waals surface area contributed by atoms with Crippen molar-refractivity contribution in [3.05, 3.63) is 63.5 Å². The summed E-state index contributed by atoms with van der Waals surface area (Å²) in [5.74, 6) is -0.572. The van der Waals surface area contributed by atoms with Crippen LogP contribution in [0, 0.1) is 6.92 Å². The third-order valence-corrected chi connectivity index (χ3v) is 5.62. The van der Waals surface area contributed by atoms with Crippen molar-refractivity contribution in [3.8, 4) is 0 Å². The molecule has 0 saturated carbocycles. The Hall–Kier alpha value is -2.86. The van der Waals surface area contributed by atoms with E-state index in [1.54, 1.807) is 18.2 Å². The quantitative estimate of drug-likeness (QED) is 0.332. The molecule has 0 aliphatic rings. The van der Waals surface area contributed by atoms with Crippen molar-refractivity contribution >= 4 is 34.9 Å². The Balaban J connectivity index is 1.50. The predicted octanol–water partition coefficient (Wildman–Crippen LogP) is 3.87. The van der Waals surface area contributed by atoms with Crippen LogP contribution < -0.4 is 10.9 Å². The van der Waals surface area contributed by atoms with E-state index in [9.17, 15) is 22.8 Å². The van der Waals surface area contributed by atoms with E-state index in [2.05, 4.69) is 20.8 Å². The van der Waals surface area contributed by atoms with Gasteiger partial charge in [0, 0.05) is 16.3 Å². The number of aryl methyl sites for hydroxylation is 2. The lowest BCUT2D eigenvalue weighted by Crippen LogP contribution is -2.41. The number of hydrogen-bond donors (Lipinski definition) is 2. The summed E-state index contributed by atoms with van der Waals surface area (Å²) in [6.07, 6.45) is -2.67. The predicted molar refractivity (Wildman–Crippen MR) is 104 cm³/mol. The maximum absolute atomic E-state index is 12.8. The highest BCUT2D eigenvalue weighted by molar-refractivity contribution is 7.99.